The number of hydrogen-bond donors (Lipinski definition) is 2. The first kappa shape index (κ1) is 15.5. The highest BCUT2D eigenvalue weighted by molar-refractivity contribution is 5.70. The van der Waals surface area contributed by atoms with Gasteiger partial charge in [-0.1, -0.05) is 19.1 Å². The van der Waals surface area contributed by atoms with E-state index in [0.717, 1.165) is 17.7 Å². The molecule has 3 N–H and O–H groups in total. The van der Waals surface area contributed by atoms with Crippen molar-refractivity contribution < 1.29 is 14.6 Å². The van der Waals surface area contributed by atoms with E-state index in [1.807, 2.05) is 31.2 Å². The summed E-state index contributed by atoms with van der Waals surface area (Å²) in [5.41, 5.74) is 6.66. The van der Waals surface area contributed by atoms with Crippen molar-refractivity contribution in [2.45, 2.75) is 32.6 Å². The number of carbonyl (C=O) groups is 1. The van der Waals surface area contributed by atoms with Gasteiger partial charge in [0.05, 0.1) is 12.5 Å². The van der Waals surface area contributed by atoms with Crippen LogP contribution in [0.25, 0.3) is 0 Å². The Labute approximate surface area is 114 Å². The van der Waals surface area contributed by atoms with Crippen LogP contribution in [0, 0.1) is 5.92 Å². The number of carboxylic acids is 1. The van der Waals surface area contributed by atoms with Crippen LogP contribution in [0.4, 0.5) is 0 Å². The molecule has 0 aliphatic heterocycles. The summed E-state index contributed by atoms with van der Waals surface area (Å²) >= 11 is 0. The van der Waals surface area contributed by atoms with Gasteiger partial charge in [-0.25, -0.2) is 0 Å². The summed E-state index contributed by atoms with van der Waals surface area (Å²) in [5.74, 6) is -0.224. The van der Waals surface area contributed by atoms with Gasteiger partial charge < -0.3 is 15.6 Å². The molecule has 0 saturated heterocycles. The first-order valence-electron chi connectivity index (χ1n) is 6.77. The molecular formula is C15H23NO3. The standard InChI is InChI=1S/C15H23NO3/c1-3-11(9-13(10-16)15(17)18)12-5-7-14(8-6-12)19-4-2/h5-8,11,13H,3-4,9-10,16H2,1-2H3,(H,17,18). The van der Waals surface area contributed by atoms with E-state index in [9.17, 15) is 4.79 Å². The number of aliphatic carboxylic acids is 1. The van der Waals surface area contributed by atoms with Crippen molar-refractivity contribution in [3.8, 4) is 5.75 Å². The maximum absolute atomic E-state index is 11.1. The molecule has 4 nitrogen and oxygen atoms in total. The second-order valence-electron chi connectivity index (χ2n) is 4.61. The highest BCUT2D eigenvalue weighted by atomic mass is 16.5. The predicted molar refractivity (Wildman–Crippen MR) is 75.4 cm³/mol. The highest BCUT2D eigenvalue weighted by Crippen LogP contribution is 2.28. The SMILES string of the molecule is CCOc1ccc(C(CC)CC(CN)C(=O)O)cc1. The Kier molecular flexibility index (Phi) is 6.36. The zero-order valence-corrected chi connectivity index (χ0v) is 11.6. The molecule has 0 aliphatic rings. The summed E-state index contributed by atoms with van der Waals surface area (Å²) in [6.07, 6.45) is 1.48. The van der Waals surface area contributed by atoms with Crippen molar-refractivity contribution in [3.63, 3.8) is 0 Å². The fourth-order valence-electron chi connectivity index (χ4n) is 2.18. The first-order valence-corrected chi connectivity index (χ1v) is 6.77. The third kappa shape index (κ3) is 4.56. The zero-order valence-electron chi connectivity index (χ0n) is 11.6. The quantitative estimate of drug-likeness (QED) is 0.758. The van der Waals surface area contributed by atoms with Gasteiger partial charge in [0.1, 0.15) is 5.75 Å². The van der Waals surface area contributed by atoms with Crippen LogP contribution in [0.5, 0.6) is 5.75 Å². The number of ether oxygens (including phenoxy) is 1. The first-order chi connectivity index (χ1) is 9.12. The Hall–Kier alpha value is -1.55. The van der Waals surface area contributed by atoms with E-state index in [4.69, 9.17) is 15.6 Å². The van der Waals surface area contributed by atoms with Crippen LogP contribution >= 0.6 is 0 Å². The van der Waals surface area contributed by atoms with Crippen molar-refractivity contribution in [1.82, 2.24) is 0 Å². The van der Waals surface area contributed by atoms with Crippen LogP contribution < -0.4 is 10.5 Å². The smallest absolute Gasteiger partial charge is 0.307 e. The molecule has 0 aromatic heterocycles. The van der Waals surface area contributed by atoms with Crippen molar-refractivity contribution in [2.75, 3.05) is 13.2 Å². The molecule has 4 heteroatoms. The maximum Gasteiger partial charge on any atom is 0.307 e. The largest absolute Gasteiger partial charge is 0.494 e. The topological polar surface area (TPSA) is 72.5 Å². The van der Waals surface area contributed by atoms with Crippen molar-refractivity contribution in [3.05, 3.63) is 29.8 Å². The monoisotopic (exact) mass is 265 g/mol. The Bertz CT molecular complexity index is 389. The molecule has 19 heavy (non-hydrogen) atoms. The molecule has 2 atom stereocenters. The lowest BCUT2D eigenvalue weighted by molar-refractivity contribution is -0.141. The van der Waals surface area contributed by atoms with Gasteiger partial charge in [-0.3, -0.25) is 4.79 Å². The van der Waals surface area contributed by atoms with Crippen LogP contribution in [-0.4, -0.2) is 24.2 Å². The molecule has 106 valence electrons. The van der Waals surface area contributed by atoms with Crippen LogP contribution in [-0.2, 0) is 4.79 Å². The van der Waals surface area contributed by atoms with Gasteiger partial charge in [-0.2, -0.15) is 0 Å². The lowest BCUT2D eigenvalue weighted by Gasteiger charge is -2.19. The van der Waals surface area contributed by atoms with Gasteiger partial charge >= 0.3 is 5.97 Å². The molecule has 0 saturated carbocycles. The molecule has 2 unspecified atom stereocenters. The van der Waals surface area contributed by atoms with Crippen molar-refractivity contribution >= 4 is 5.97 Å². The summed E-state index contributed by atoms with van der Waals surface area (Å²) in [4.78, 5) is 11.1. The lowest BCUT2D eigenvalue weighted by Crippen LogP contribution is -2.25. The predicted octanol–water partition coefficient (Wildman–Crippen LogP) is 2.63. The molecule has 0 radical (unpaired) electrons. The molecule has 1 aromatic rings. The Morgan fingerprint density at radius 1 is 1.32 bits per heavy atom. The Morgan fingerprint density at radius 3 is 2.37 bits per heavy atom. The second kappa shape index (κ2) is 7.79. The van der Waals surface area contributed by atoms with Gasteiger partial charge in [0.15, 0.2) is 0 Å². The van der Waals surface area contributed by atoms with E-state index < -0.39 is 11.9 Å². The van der Waals surface area contributed by atoms with Crippen molar-refractivity contribution in [2.24, 2.45) is 11.7 Å². The third-order valence-electron chi connectivity index (χ3n) is 3.36. The normalized spacial score (nSPS) is 13.8. The minimum atomic E-state index is -0.813. The summed E-state index contributed by atoms with van der Waals surface area (Å²) in [6, 6.07) is 7.88. The van der Waals surface area contributed by atoms with Crippen molar-refractivity contribution in [1.29, 1.82) is 0 Å². The van der Waals surface area contributed by atoms with Crippen LogP contribution in [0.15, 0.2) is 24.3 Å². The number of carboxylic acid groups (broad SMARTS) is 1. The van der Waals surface area contributed by atoms with Crippen LogP contribution in [0.3, 0.4) is 0 Å². The fourth-order valence-corrected chi connectivity index (χ4v) is 2.18. The average Bonchev–Trinajstić information content (AvgIpc) is 2.41. The lowest BCUT2D eigenvalue weighted by atomic mass is 9.87. The van der Waals surface area contributed by atoms with E-state index in [-0.39, 0.29) is 12.5 Å². The molecule has 0 fully saturated rings. The summed E-state index contributed by atoms with van der Waals surface area (Å²) in [6.45, 7) is 4.84. The Morgan fingerprint density at radius 2 is 1.95 bits per heavy atom. The minimum Gasteiger partial charge on any atom is -0.494 e. The molecule has 0 aliphatic carbocycles. The third-order valence-corrected chi connectivity index (χ3v) is 3.36. The second-order valence-corrected chi connectivity index (χ2v) is 4.61. The number of rotatable bonds is 8. The van der Waals surface area contributed by atoms with Gasteiger partial charge in [-0.05, 0) is 43.4 Å². The number of nitrogens with two attached hydrogens (primary N) is 1. The van der Waals surface area contributed by atoms with E-state index >= 15 is 0 Å². The molecule has 0 bridgehead atoms. The van der Waals surface area contributed by atoms with Crippen LogP contribution in [0.1, 0.15) is 38.2 Å². The molecule has 0 heterocycles. The summed E-state index contributed by atoms with van der Waals surface area (Å²) in [7, 11) is 0. The van der Waals surface area contributed by atoms with E-state index in [2.05, 4.69) is 6.92 Å². The highest BCUT2D eigenvalue weighted by Gasteiger charge is 2.21. The van der Waals surface area contributed by atoms with Gasteiger partial charge in [-0.15, -0.1) is 0 Å². The maximum atomic E-state index is 11.1. The average molecular weight is 265 g/mol. The van der Waals surface area contributed by atoms with E-state index in [1.54, 1.807) is 0 Å². The molecular weight excluding hydrogens is 242 g/mol. The van der Waals surface area contributed by atoms with E-state index in [1.165, 1.54) is 0 Å². The molecule has 0 spiro atoms. The van der Waals surface area contributed by atoms with Gasteiger partial charge in [0.25, 0.3) is 0 Å². The van der Waals surface area contributed by atoms with Gasteiger partial charge in [0.2, 0.25) is 0 Å². The fraction of sp³-hybridized carbons (Fsp3) is 0.533. The summed E-state index contributed by atoms with van der Waals surface area (Å²) in [5, 5.41) is 9.08. The molecule has 0 amide bonds. The van der Waals surface area contributed by atoms with E-state index in [0.29, 0.717) is 13.0 Å². The summed E-state index contributed by atoms with van der Waals surface area (Å²) < 4.78 is 5.40. The zero-order chi connectivity index (χ0) is 14.3. The minimum absolute atomic E-state index is 0.183. The number of benzene rings is 1. The van der Waals surface area contributed by atoms with Crippen LogP contribution in [0.2, 0.25) is 0 Å². The molecule has 1 rings (SSSR count). The Balaban J connectivity index is 2.76. The number of hydrogen-bond acceptors (Lipinski definition) is 3. The molecule has 1 aromatic carbocycles. The van der Waals surface area contributed by atoms with Gasteiger partial charge in [0, 0.05) is 6.54 Å².